The van der Waals surface area contributed by atoms with Crippen LogP contribution in [0.15, 0.2) is 36.7 Å². The van der Waals surface area contributed by atoms with E-state index in [1.807, 2.05) is 36.1 Å². The molecule has 3 aromatic heterocycles. The van der Waals surface area contributed by atoms with Gasteiger partial charge in [-0.1, -0.05) is 17.7 Å². The summed E-state index contributed by atoms with van der Waals surface area (Å²) in [6, 6.07) is 8.10. The number of fused-ring (bicyclic) bond motifs is 1. The fraction of sp³-hybridized carbons (Fsp3) is 0.360. The first-order chi connectivity index (χ1) is 17.0. The van der Waals surface area contributed by atoms with Crippen molar-refractivity contribution in [1.29, 1.82) is 0 Å². The van der Waals surface area contributed by atoms with E-state index in [4.69, 9.17) is 16.6 Å². The average Bonchev–Trinajstić information content (AvgIpc) is 3.47. The topological polar surface area (TPSA) is 81.2 Å². The number of likely N-dealkylation sites (N-methyl/N-ethyl adjacent to an activating group) is 1. The molecule has 2 fully saturated rings. The second-order valence-corrected chi connectivity index (χ2v) is 10.7. The summed E-state index contributed by atoms with van der Waals surface area (Å²) in [4.78, 5) is 30.3. The number of amides is 1. The van der Waals surface area contributed by atoms with Crippen LogP contribution in [0.2, 0.25) is 5.02 Å². The maximum Gasteiger partial charge on any atom is 0.274 e. The van der Waals surface area contributed by atoms with Crippen molar-refractivity contribution in [3.8, 4) is 21.1 Å². The third kappa shape index (κ3) is 4.02. The monoisotopic (exact) mass is 507 g/mol. The Morgan fingerprint density at radius 1 is 1.17 bits per heavy atom. The van der Waals surface area contributed by atoms with Crippen LogP contribution in [0.5, 0.6) is 0 Å². The normalized spacial score (nSPS) is 17.7. The molecule has 0 atom stereocenters. The summed E-state index contributed by atoms with van der Waals surface area (Å²) in [5.41, 5.74) is 3.91. The minimum Gasteiger partial charge on any atom is -0.334 e. The number of H-pyrrole nitrogens is 1. The summed E-state index contributed by atoms with van der Waals surface area (Å²) in [6.45, 7) is 7.71. The second kappa shape index (κ2) is 8.98. The third-order valence-electron chi connectivity index (χ3n) is 7.09. The number of carbonyl (C=O) groups is 1. The van der Waals surface area contributed by atoms with Gasteiger partial charge in [0, 0.05) is 73.7 Å². The van der Waals surface area contributed by atoms with Gasteiger partial charge in [0.25, 0.3) is 5.91 Å². The zero-order valence-corrected chi connectivity index (χ0v) is 21.2. The van der Waals surface area contributed by atoms with E-state index in [0.29, 0.717) is 21.8 Å². The van der Waals surface area contributed by atoms with Crippen LogP contribution in [0.1, 0.15) is 16.1 Å². The van der Waals surface area contributed by atoms with Crippen molar-refractivity contribution in [2.45, 2.75) is 13.0 Å². The van der Waals surface area contributed by atoms with E-state index in [1.165, 1.54) is 11.3 Å². The van der Waals surface area contributed by atoms with Crippen LogP contribution >= 0.6 is 22.9 Å². The molecule has 2 saturated heterocycles. The van der Waals surface area contributed by atoms with Crippen molar-refractivity contribution in [3.63, 3.8) is 0 Å². The highest BCUT2D eigenvalue weighted by molar-refractivity contribution is 7.18. The number of aromatic amines is 1. The lowest BCUT2D eigenvalue weighted by atomic mass is 10.0. The van der Waals surface area contributed by atoms with E-state index in [-0.39, 0.29) is 5.91 Å². The Hall–Kier alpha value is -2.85. The molecule has 6 rings (SSSR count). The number of hydrogen-bond donors (Lipinski definition) is 1. The van der Waals surface area contributed by atoms with E-state index < -0.39 is 0 Å². The molecule has 0 radical (unpaired) electrons. The Balaban J connectivity index is 1.32. The summed E-state index contributed by atoms with van der Waals surface area (Å²) in [7, 11) is 2.16. The number of likely N-dealkylation sites (tertiary alicyclic amines) is 1. The molecule has 0 unspecified atom stereocenters. The number of carbonyl (C=O) groups excluding carboxylic acids is 1. The summed E-state index contributed by atoms with van der Waals surface area (Å²) in [6.07, 6.45) is 3.51. The molecule has 180 valence electrons. The van der Waals surface area contributed by atoms with Crippen LogP contribution in [-0.4, -0.2) is 93.1 Å². The zero-order valence-electron chi connectivity index (χ0n) is 19.7. The number of piperazine rings is 1. The number of thiazole rings is 1. The van der Waals surface area contributed by atoms with Gasteiger partial charge in [-0.05, 0) is 37.7 Å². The summed E-state index contributed by atoms with van der Waals surface area (Å²) in [5.74, 6) is -0.0317. The number of halogens is 1. The molecule has 1 aromatic carbocycles. The lowest BCUT2D eigenvalue weighted by Gasteiger charge is -2.47. The Labute approximate surface area is 212 Å². The van der Waals surface area contributed by atoms with Gasteiger partial charge >= 0.3 is 0 Å². The summed E-state index contributed by atoms with van der Waals surface area (Å²) in [5, 5.41) is 9.98. The summed E-state index contributed by atoms with van der Waals surface area (Å²) < 4.78 is 0. The molecule has 0 saturated carbocycles. The minimum absolute atomic E-state index is 0.0317. The Morgan fingerprint density at radius 3 is 2.71 bits per heavy atom. The predicted octanol–water partition coefficient (Wildman–Crippen LogP) is 3.78. The molecule has 2 aliphatic rings. The fourth-order valence-electron chi connectivity index (χ4n) is 4.81. The molecule has 0 aliphatic carbocycles. The first-order valence-electron chi connectivity index (χ1n) is 11.8. The molecular formula is C25H26ClN7OS. The quantitative estimate of drug-likeness (QED) is 0.452. The van der Waals surface area contributed by atoms with Gasteiger partial charge in [0.2, 0.25) is 0 Å². The minimum atomic E-state index is -0.0317. The highest BCUT2D eigenvalue weighted by Gasteiger charge is 2.38. The van der Waals surface area contributed by atoms with Crippen molar-refractivity contribution < 1.29 is 4.79 Å². The molecular weight excluding hydrogens is 482 g/mol. The number of aryl methyl sites for hydroxylation is 1. The molecule has 2 aliphatic heterocycles. The van der Waals surface area contributed by atoms with Crippen molar-refractivity contribution in [2.75, 3.05) is 46.3 Å². The first-order valence-corrected chi connectivity index (χ1v) is 13.0. The number of nitrogens with one attached hydrogen (secondary N) is 1. The molecule has 0 bridgehead atoms. The van der Waals surface area contributed by atoms with Crippen LogP contribution in [0.25, 0.3) is 32.0 Å². The molecule has 35 heavy (non-hydrogen) atoms. The van der Waals surface area contributed by atoms with Crippen LogP contribution in [0.3, 0.4) is 0 Å². The Morgan fingerprint density at radius 2 is 1.97 bits per heavy atom. The smallest absolute Gasteiger partial charge is 0.274 e. The van der Waals surface area contributed by atoms with Crippen LogP contribution in [0, 0.1) is 6.92 Å². The predicted molar refractivity (Wildman–Crippen MR) is 139 cm³/mol. The van der Waals surface area contributed by atoms with E-state index >= 15 is 0 Å². The van der Waals surface area contributed by atoms with E-state index in [0.717, 1.165) is 71.9 Å². The van der Waals surface area contributed by atoms with Gasteiger partial charge in [0.1, 0.15) is 16.4 Å². The van der Waals surface area contributed by atoms with Crippen molar-refractivity contribution in [2.24, 2.45) is 0 Å². The van der Waals surface area contributed by atoms with Gasteiger partial charge in [-0.15, -0.1) is 11.3 Å². The number of nitrogens with zero attached hydrogens (tertiary/aromatic N) is 6. The molecule has 10 heteroatoms. The van der Waals surface area contributed by atoms with Gasteiger partial charge in [-0.2, -0.15) is 5.10 Å². The third-order valence-corrected chi connectivity index (χ3v) is 8.61. The van der Waals surface area contributed by atoms with Gasteiger partial charge in [-0.25, -0.2) is 4.98 Å². The maximum atomic E-state index is 13.6. The maximum absolute atomic E-state index is 13.6. The van der Waals surface area contributed by atoms with Gasteiger partial charge in [0.05, 0.1) is 10.4 Å². The Bertz CT molecular complexity index is 1390. The standard InChI is InChI=1S/C25H26ClN7OS/c1-15-19(26)6-5-18-20(15)29-30-21(18)24-28-22(23(35-24)16-4-3-7-27-12-16)25(34)33-13-17(14-33)32-10-8-31(2)9-11-32/h3-7,12,17H,8-11,13-14H2,1-2H3,(H,29,30). The Kier molecular flexibility index (Phi) is 5.80. The molecule has 1 N–H and O–H groups in total. The van der Waals surface area contributed by atoms with Gasteiger partial charge in [0.15, 0.2) is 0 Å². The summed E-state index contributed by atoms with van der Waals surface area (Å²) >= 11 is 7.78. The fourth-order valence-corrected chi connectivity index (χ4v) is 6.02. The highest BCUT2D eigenvalue weighted by Crippen LogP contribution is 2.39. The average molecular weight is 508 g/mol. The van der Waals surface area contributed by atoms with E-state index in [1.54, 1.807) is 12.4 Å². The number of benzene rings is 1. The second-order valence-electron chi connectivity index (χ2n) is 9.31. The molecule has 1 amide bonds. The molecule has 8 nitrogen and oxygen atoms in total. The van der Waals surface area contributed by atoms with E-state index in [9.17, 15) is 4.79 Å². The highest BCUT2D eigenvalue weighted by atomic mass is 35.5. The lowest BCUT2D eigenvalue weighted by molar-refractivity contribution is 0.0108. The number of hydrogen-bond acceptors (Lipinski definition) is 7. The van der Waals surface area contributed by atoms with Crippen LogP contribution in [0.4, 0.5) is 0 Å². The molecule has 4 aromatic rings. The SMILES string of the molecule is Cc1c(Cl)ccc2c(-c3nc(C(=O)N4CC(N5CCN(C)CC5)C4)c(-c4cccnc4)s3)n[nH]c12. The van der Waals surface area contributed by atoms with Gasteiger partial charge < -0.3 is 9.80 Å². The van der Waals surface area contributed by atoms with E-state index in [2.05, 4.69) is 32.0 Å². The lowest BCUT2D eigenvalue weighted by Crippen LogP contribution is -2.64. The van der Waals surface area contributed by atoms with Crippen molar-refractivity contribution >= 4 is 39.7 Å². The van der Waals surface area contributed by atoms with Crippen LogP contribution < -0.4 is 0 Å². The van der Waals surface area contributed by atoms with Crippen molar-refractivity contribution in [1.82, 2.24) is 34.9 Å². The zero-order chi connectivity index (χ0) is 24.1. The molecule has 0 spiro atoms. The van der Waals surface area contributed by atoms with Crippen LogP contribution in [-0.2, 0) is 0 Å². The number of pyridine rings is 1. The molecule has 5 heterocycles. The number of aromatic nitrogens is 4. The van der Waals surface area contributed by atoms with Gasteiger partial charge in [-0.3, -0.25) is 19.8 Å². The van der Waals surface area contributed by atoms with Crippen molar-refractivity contribution in [3.05, 3.63) is 52.9 Å². The largest absolute Gasteiger partial charge is 0.334 e. The first kappa shape index (κ1) is 22.6. The number of rotatable bonds is 4.